The topological polar surface area (TPSA) is 28.7 Å². The monoisotopic (exact) mass is 200 g/mol. The Morgan fingerprint density at radius 1 is 1.40 bits per heavy atom. The number of hydrogen-bond donors (Lipinski definition) is 1. The van der Waals surface area contributed by atoms with Crippen molar-refractivity contribution in [2.75, 3.05) is 0 Å². The highest BCUT2D eigenvalue weighted by atomic mass is 15.1. The van der Waals surface area contributed by atoms with E-state index < -0.39 is 0 Å². The van der Waals surface area contributed by atoms with Crippen LogP contribution in [0.1, 0.15) is 30.3 Å². The molecule has 1 aliphatic rings. The molecule has 1 aliphatic carbocycles. The third-order valence-electron chi connectivity index (χ3n) is 2.90. The summed E-state index contributed by atoms with van der Waals surface area (Å²) < 4.78 is 0. The van der Waals surface area contributed by atoms with Crippen LogP contribution in [0.25, 0.3) is 5.57 Å². The predicted octanol–water partition coefficient (Wildman–Crippen LogP) is 3.18. The lowest BCUT2D eigenvalue weighted by molar-refractivity contribution is 0.934. The van der Waals surface area contributed by atoms with E-state index in [1.165, 1.54) is 22.4 Å². The SMILES string of the molecule is C=CC1=C(/C=C\C)c2n[nH]c(C)c2CC1. The molecule has 78 valence electrons. The number of nitrogens with zero attached hydrogens (tertiary/aromatic N) is 1. The maximum absolute atomic E-state index is 4.37. The van der Waals surface area contributed by atoms with E-state index in [-0.39, 0.29) is 0 Å². The highest BCUT2D eigenvalue weighted by Gasteiger charge is 2.19. The highest BCUT2D eigenvalue weighted by molar-refractivity contribution is 5.79. The lowest BCUT2D eigenvalue weighted by Gasteiger charge is -2.15. The minimum atomic E-state index is 1.07. The number of aromatic amines is 1. The number of hydrogen-bond acceptors (Lipinski definition) is 1. The van der Waals surface area contributed by atoms with Crippen molar-refractivity contribution in [1.29, 1.82) is 0 Å². The van der Waals surface area contributed by atoms with Gasteiger partial charge in [0, 0.05) is 16.8 Å². The Bertz CT molecular complexity index is 447. The molecule has 0 saturated carbocycles. The first kappa shape index (κ1) is 9.97. The van der Waals surface area contributed by atoms with Gasteiger partial charge >= 0.3 is 0 Å². The van der Waals surface area contributed by atoms with Crippen LogP contribution in [0.2, 0.25) is 0 Å². The van der Waals surface area contributed by atoms with Crippen molar-refractivity contribution in [2.24, 2.45) is 0 Å². The molecule has 2 nitrogen and oxygen atoms in total. The van der Waals surface area contributed by atoms with Crippen LogP contribution < -0.4 is 0 Å². The van der Waals surface area contributed by atoms with Crippen LogP contribution in [0.5, 0.6) is 0 Å². The molecule has 15 heavy (non-hydrogen) atoms. The molecule has 0 aromatic carbocycles. The zero-order valence-electron chi connectivity index (χ0n) is 9.30. The average Bonchev–Trinajstić information content (AvgIpc) is 2.62. The van der Waals surface area contributed by atoms with Gasteiger partial charge in [-0.15, -0.1) is 0 Å². The molecule has 1 heterocycles. The highest BCUT2D eigenvalue weighted by Crippen LogP contribution is 2.32. The summed E-state index contributed by atoms with van der Waals surface area (Å²) in [6.07, 6.45) is 8.26. The number of allylic oxidation sites excluding steroid dienone is 5. The van der Waals surface area contributed by atoms with Gasteiger partial charge in [0.25, 0.3) is 0 Å². The van der Waals surface area contributed by atoms with Crippen molar-refractivity contribution in [1.82, 2.24) is 10.2 Å². The van der Waals surface area contributed by atoms with Gasteiger partial charge in [-0.3, -0.25) is 5.10 Å². The molecule has 0 bridgehead atoms. The summed E-state index contributed by atoms with van der Waals surface area (Å²) in [5.74, 6) is 0. The number of nitrogens with one attached hydrogen (secondary N) is 1. The summed E-state index contributed by atoms with van der Waals surface area (Å²) >= 11 is 0. The first-order valence-electron chi connectivity index (χ1n) is 5.30. The zero-order chi connectivity index (χ0) is 10.8. The van der Waals surface area contributed by atoms with Crippen LogP contribution in [-0.2, 0) is 6.42 Å². The maximum atomic E-state index is 4.37. The maximum Gasteiger partial charge on any atom is 0.0958 e. The van der Waals surface area contributed by atoms with E-state index in [9.17, 15) is 0 Å². The molecule has 0 unspecified atom stereocenters. The number of aryl methyl sites for hydroxylation is 1. The van der Waals surface area contributed by atoms with Crippen LogP contribution in [0.4, 0.5) is 0 Å². The van der Waals surface area contributed by atoms with Gasteiger partial charge in [-0.05, 0) is 32.3 Å². The zero-order valence-corrected chi connectivity index (χ0v) is 9.30. The molecule has 0 atom stereocenters. The minimum Gasteiger partial charge on any atom is -0.282 e. The van der Waals surface area contributed by atoms with Gasteiger partial charge in [0.2, 0.25) is 0 Å². The van der Waals surface area contributed by atoms with Crippen LogP contribution in [-0.4, -0.2) is 10.2 Å². The first-order chi connectivity index (χ1) is 7.27. The largest absolute Gasteiger partial charge is 0.282 e. The summed E-state index contributed by atoms with van der Waals surface area (Å²) in [5.41, 5.74) is 6.17. The lowest BCUT2D eigenvalue weighted by Crippen LogP contribution is -2.02. The number of fused-ring (bicyclic) bond motifs is 1. The van der Waals surface area contributed by atoms with E-state index in [2.05, 4.69) is 35.9 Å². The predicted molar refractivity (Wildman–Crippen MR) is 63.6 cm³/mol. The fourth-order valence-electron chi connectivity index (χ4n) is 2.09. The smallest absolute Gasteiger partial charge is 0.0958 e. The van der Waals surface area contributed by atoms with Gasteiger partial charge in [-0.2, -0.15) is 5.10 Å². The Balaban J connectivity index is 2.60. The van der Waals surface area contributed by atoms with Crippen LogP contribution >= 0.6 is 0 Å². The molecule has 0 aliphatic heterocycles. The van der Waals surface area contributed by atoms with Crippen molar-refractivity contribution in [3.05, 3.63) is 47.3 Å². The average molecular weight is 200 g/mol. The summed E-state index contributed by atoms with van der Waals surface area (Å²) in [5, 5.41) is 7.43. The number of aromatic nitrogens is 2. The molecule has 0 amide bonds. The molecule has 2 rings (SSSR count). The molecular formula is C13H16N2. The third kappa shape index (κ3) is 1.56. The molecular weight excluding hydrogens is 184 g/mol. The van der Waals surface area contributed by atoms with E-state index in [0.717, 1.165) is 18.5 Å². The minimum absolute atomic E-state index is 1.07. The van der Waals surface area contributed by atoms with Crippen molar-refractivity contribution in [3.63, 3.8) is 0 Å². The first-order valence-corrected chi connectivity index (χ1v) is 5.30. The summed E-state index contributed by atoms with van der Waals surface area (Å²) in [7, 11) is 0. The van der Waals surface area contributed by atoms with E-state index in [0.29, 0.717) is 0 Å². The fourth-order valence-corrected chi connectivity index (χ4v) is 2.09. The molecule has 2 heteroatoms. The summed E-state index contributed by atoms with van der Waals surface area (Å²) in [6.45, 7) is 7.98. The fraction of sp³-hybridized carbons (Fsp3) is 0.308. The van der Waals surface area contributed by atoms with Crippen molar-refractivity contribution >= 4 is 5.57 Å². The Kier molecular flexibility index (Phi) is 2.58. The standard InChI is InChI=1S/C13H16N2/c1-4-6-12-10(5-2)7-8-11-9(3)14-15-13(11)12/h4-6H,2,7-8H2,1,3H3,(H,14,15)/b6-4-. The van der Waals surface area contributed by atoms with Crippen LogP contribution in [0.15, 0.2) is 30.4 Å². The van der Waals surface area contributed by atoms with E-state index in [1.54, 1.807) is 0 Å². The van der Waals surface area contributed by atoms with Crippen molar-refractivity contribution < 1.29 is 0 Å². The van der Waals surface area contributed by atoms with Crippen LogP contribution in [0.3, 0.4) is 0 Å². The van der Waals surface area contributed by atoms with Crippen molar-refractivity contribution in [3.8, 4) is 0 Å². The Hall–Kier alpha value is -1.57. The third-order valence-corrected chi connectivity index (χ3v) is 2.90. The van der Waals surface area contributed by atoms with Gasteiger partial charge in [-0.25, -0.2) is 0 Å². The molecule has 0 radical (unpaired) electrons. The number of rotatable bonds is 2. The summed E-state index contributed by atoms with van der Waals surface area (Å²) in [6, 6.07) is 0. The second kappa shape index (κ2) is 3.89. The Morgan fingerprint density at radius 2 is 2.20 bits per heavy atom. The van der Waals surface area contributed by atoms with E-state index in [4.69, 9.17) is 0 Å². The van der Waals surface area contributed by atoms with Gasteiger partial charge in [0.15, 0.2) is 0 Å². The van der Waals surface area contributed by atoms with E-state index in [1.807, 2.05) is 13.0 Å². The van der Waals surface area contributed by atoms with E-state index >= 15 is 0 Å². The van der Waals surface area contributed by atoms with Gasteiger partial charge < -0.3 is 0 Å². The number of H-pyrrole nitrogens is 1. The normalized spacial score (nSPS) is 15.9. The molecule has 1 aromatic rings. The lowest BCUT2D eigenvalue weighted by atomic mass is 9.89. The molecule has 0 spiro atoms. The van der Waals surface area contributed by atoms with Crippen molar-refractivity contribution in [2.45, 2.75) is 26.7 Å². The summed E-state index contributed by atoms with van der Waals surface area (Å²) in [4.78, 5) is 0. The molecule has 0 saturated heterocycles. The van der Waals surface area contributed by atoms with Gasteiger partial charge in [0.1, 0.15) is 0 Å². The molecule has 1 aromatic heterocycles. The quantitative estimate of drug-likeness (QED) is 0.780. The Morgan fingerprint density at radius 3 is 2.87 bits per heavy atom. The van der Waals surface area contributed by atoms with Gasteiger partial charge in [-0.1, -0.05) is 24.8 Å². The van der Waals surface area contributed by atoms with Crippen LogP contribution in [0, 0.1) is 6.92 Å². The molecule has 0 fully saturated rings. The second-order valence-electron chi connectivity index (χ2n) is 3.82. The van der Waals surface area contributed by atoms with Gasteiger partial charge in [0.05, 0.1) is 5.69 Å². The molecule has 1 N–H and O–H groups in total. The Labute approximate surface area is 90.4 Å². The second-order valence-corrected chi connectivity index (χ2v) is 3.82.